The number of carbonyl (C=O) groups excluding carboxylic acids is 2. The van der Waals surface area contributed by atoms with Crippen LogP contribution in [0.25, 0.3) is 0 Å². The average Bonchev–Trinajstić information content (AvgIpc) is 2.64. The summed E-state index contributed by atoms with van der Waals surface area (Å²) in [6.07, 6.45) is 0.534. The van der Waals surface area contributed by atoms with E-state index < -0.39 is 5.41 Å². The van der Waals surface area contributed by atoms with Crippen LogP contribution in [0.3, 0.4) is 0 Å². The van der Waals surface area contributed by atoms with E-state index in [1.807, 2.05) is 18.2 Å². The van der Waals surface area contributed by atoms with Crippen LogP contribution in [-0.2, 0) is 11.2 Å². The van der Waals surface area contributed by atoms with Gasteiger partial charge in [0.15, 0.2) is 0 Å². The molecule has 0 unspecified atom stereocenters. The third-order valence-electron chi connectivity index (χ3n) is 4.68. The van der Waals surface area contributed by atoms with Crippen molar-refractivity contribution in [2.24, 2.45) is 5.41 Å². The number of amides is 2. The second kappa shape index (κ2) is 7.19. The van der Waals surface area contributed by atoms with Gasteiger partial charge >= 0.3 is 0 Å². The van der Waals surface area contributed by atoms with Crippen molar-refractivity contribution in [3.05, 3.63) is 70.2 Å². The number of rotatable bonds is 4. The summed E-state index contributed by atoms with van der Waals surface area (Å²) in [6, 6.07) is 16.0. The lowest BCUT2D eigenvalue weighted by atomic mass is 9.73. The quantitative estimate of drug-likeness (QED) is 0.902. The van der Waals surface area contributed by atoms with E-state index in [2.05, 4.69) is 5.32 Å². The van der Waals surface area contributed by atoms with Crippen molar-refractivity contribution in [1.29, 1.82) is 5.26 Å². The zero-order chi connectivity index (χ0) is 18.7. The van der Waals surface area contributed by atoms with E-state index in [0.717, 1.165) is 5.56 Å². The summed E-state index contributed by atoms with van der Waals surface area (Å²) in [5, 5.41) is 12.3. The molecule has 1 N–H and O–H groups in total. The molecule has 6 heteroatoms. The van der Waals surface area contributed by atoms with Crippen molar-refractivity contribution in [2.45, 2.75) is 6.42 Å². The minimum Gasteiger partial charge on any atom is -0.359 e. The van der Waals surface area contributed by atoms with Crippen LogP contribution in [0.1, 0.15) is 21.5 Å². The minimum absolute atomic E-state index is 0.0812. The molecular formula is C20H18ClN3O2. The van der Waals surface area contributed by atoms with Crippen LogP contribution >= 0.6 is 11.6 Å². The molecule has 0 radical (unpaired) electrons. The Morgan fingerprint density at radius 1 is 1.23 bits per heavy atom. The Balaban J connectivity index is 1.76. The predicted octanol–water partition coefficient (Wildman–Crippen LogP) is 2.64. The number of benzene rings is 2. The number of likely N-dealkylation sites (tertiary alicyclic amines) is 1. The van der Waals surface area contributed by atoms with Crippen molar-refractivity contribution in [3.8, 4) is 6.07 Å². The zero-order valence-corrected chi connectivity index (χ0v) is 15.1. The Labute approximate surface area is 157 Å². The molecule has 5 nitrogen and oxygen atoms in total. The number of nitrogens with one attached hydrogen (secondary N) is 1. The van der Waals surface area contributed by atoms with Gasteiger partial charge in [0.05, 0.1) is 17.0 Å². The number of hydrogen-bond donors (Lipinski definition) is 1. The van der Waals surface area contributed by atoms with Crippen LogP contribution in [0.5, 0.6) is 0 Å². The highest BCUT2D eigenvalue weighted by Gasteiger charge is 2.50. The highest BCUT2D eigenvalue weighted by molar-refractivity contribution is 6.30. The fraction of sp³-hybridized carbons (Fsp3) is 0.250. The second-order valence-corrected chi connectivity index (χ2v) is 6.95. The first kappa shape index (κ1) is 18.0. The average molecular weight is 368 g/mol. The molecule has 2 aromatic rings. The smallest absolute Gasteiger partial charge is 0.253 e. The second-order valence-electron chi connectivity index (χ2n) is 6.52. The standard InChI is InChI=1S/C20H18ClN3O2/c1-23-19(26)20(10-14-5-7-17(21)8-6-14)12-24(13-20)18(25)16-4-2-3-15(9-16)11-22/h2-9H,10,12-13H2,1H3,(H,23,26). The van der Waals surface area contributed by atoms with Gasteiger partial charge in [-0.1, -0.05) is 29.8 Å². The molecule has 1 aliphatic rings. The van der Waals surface area contributed by atoms with Crippen LogP contribution in [0.4, 0.5) is 0 Å². The fourth-order valence-electron chi connectivity index (χ4n) is 3.33. The van der Waals surface area contributed by atoms with E-state index in [9.17, 15) is 9.59 Å². The monoisotopic (exact) mass is 367 g/mol. The van der Waals surface area contributed by atoms with Gasteiger partial charge < -0.3 is 10.2 Å². The summed E-state index contributed by atoms with van der Waals surface area (Å²) in [4.78, 5) is 26.8. The summed E-state index contributed by atoms with van der Waals surface area (Å²) in [5.41, 5.74) is 1.25. The lowest BCUT2D eigenvalue weighted by Gasteiger charge is -2.48. The molecule has 2 amide bonds. The largest absolute Gasteiger partial charge is 0.359 e. The van der Waals surface area contributed by atoms with Crippen molar-refractivity contribution < 1.29 is 9.59 Å². The normalized spacial score (nSPS) is 14.9. The Morgan fingerprint density at radius 2 is 1.92 bits per heavy atom. The van der Waals surface area contributed by atoms with Crippen LogP contribution < -0.4 is 5.32 Å². The lowest BCUT2D eigenvalue weighted by Crippen LogP contribution is -2.65. The molecular weight excluding hydrogens is 350 g/mol. The maximum absolute atomic E-state index is 12.7. The lowest BCUT2D eigenvalue weighted by molar-refractivity contribution is -0.138. The molecule has 0 atom stereocenters. The summed E-state index contributed by atoms with van der Waals surface area (Å²) < 4.78 is 0. The molecule has 0 aliphatic carbocycles. The van der Waals surface area contributed by atoms with Crippen molar-refractivity contribution in [2.75, 3.05) is 20.1 Å². The molecule has 0 saturated carbocycles. The maximum atomic E-state index is 12.7. The molecule has 2 aromatic carbocycles. The maximum Gasteiger partial charge on any atom is 0.253 e. The summed E-state index contributed by atoms with van der Waals surface area (Å²) in [7, 11) is 1.60. The molecule has 26 heavy (non-hydrogen) atoms. The first-order valence-corrected chi connectivity index (χ1v) is 8.61. The third kappa shape index (κ3) is 3.42. The highest BCUT2D eigenvalue weighted by atomic mass is 35.5. The van der Waals surface area contributed by atoms with Gasteiger partial charge in [-0.15, -0.1) is 0 Å². The molecule has 3 rings (SSSR count). The van der Waals surface area contributed by atoms with Crippen molar-refractivity contribution in [3.63, 3.8) is 0 Å². The summed E-state index contributed by atoms with van der Waals surface area (Å²) in [6.45, 7) is 0.676. The summed E-state index contributed by atoms with van der Waals surface area (Å²) >= 11 is 5.92. The van der Waals surface area contributed by atoms with Gasteiger partial charge in [0.2, 0.25) is 5.91 Å². The third-order valence-corrected chi connectivity index (χ3v) is 4.93. The van der Waals surface area contributed by atoms with E-state index in [1.54, 1.807) is 48.3 Å². The Morgan fingerprint density at radius 3 is 2.54 bits per heavy atom. The molecule has 1 heterocycles. The molecule has 132 valence electrons. The van der Waals surface area contributed by atoms with Gasteiger partial charge in [-0.25, -0.2) is 0 Å². The van der Waals surface area contributed by atoms with E-state index in [1.165, 1.54) is 0 Å². The van der Waals surface area contributed by atoms with Crippen LogP contribution in [-0.4, -0.2) is 36.9 Å². The Hall–Kier alpha value is -2.84. The predicted molar refractivity (Wildman–Crippen MR) is 98.7 cm³/mol. The first-order chi connectivity index (χ1) is 12.5. The molecule has 0 bridgehead atoms. The number of halogens is 1. The number of hydrogen-bond acceptors (Lipinski definition) is 3. The Kier molecular flexibility index (Phi) is 4.97. The number of nitriles is 1. The van der Waals surface area contributed by atoms with Crippen LogP contribution in [0.15, 0.2) is 48.5 Å². The van der Waals surface area contributed by atoms with Gasteiger partial charge in [0.1, 0.15) is 0 Å². The molecule has 1 fully saturated rings. The Bertz CT molecular complexity index is 881. The van der Waals surface area contributed by atoms with E-state index in [-0.39, 0.29) is 11.8 Å². The summed E-state index contributed by atoms with van der Waals surface area (Å²) in [5.74, 6) is -0.250. The fourth-order valence-corrected chi connectivity index (χ4v) is 3.45. The minimum atomic E-state index is -0.648. The first-order valence-electron chi connectivity index (χ1n) is 8.23. The van der Waals surface area contributed by atoms with Gasteiger partial charge in [-0.2, -0.15) is 5.26 Å². The molecule has 0 spiro atoms. The number of nitrogens with zero attached hydrogens (tertiary/aromatic N) is 2. The van der Waals surface area contributed by atoms with Gasteiger partial charge in [0.25, 0.3) is 5.91 Å². The van der Waals surface area contributed by atoms with Gasteiger partial charge in [-0.05, 0) is 42.3 Å². The van der Waals surface area contributed by atoms with Crippen LogP contribution in [0.2, 0.25) is 5.02 Å². The van der Waals surface area contributed by atoms with Crippen molar-refractivity contribution in [1.82, 2.24) is 10.2 Å². The van der Waals surface area contributed by atoms with Gasteiger partial charge in [0, 0.05) is 30.7 Å². The van der Waals surface area contributed by atoms with Crippen LogP contribution in [0, 0.1) is 16.7 Å². The molecule has 1 aliphatic heterocycles. The highest BCUT2D eigenvalue weighted by Crippen LogP contribution is 2.36. The SMILES string of the molecule is CNC(=O)C1(Cc2ccc(Cl)cc2)CN(C(=O)c2cccc(C#N)c2)C1. The van der Waals surface area contributed by atoms with Gasteiger partial charge in [-0.3, -0.25) is 9.59 Å². The molecule has 1 saturated heterocycles. The van der Waals surface area contributed by atoms with Crippen molar-refractivity contribution >= 4 is 23.4 Å². The zero-order valence-electron chi connectivity index (χ0n) is 14.3. The van der Waals surface area contributed by atoms with E-state index in [4.69, 9.17) is 16.9 Å². The topological polar surface area (TPSA) is 73.2 Å². The van der Waals surface area contributed by atoms with E-state index >= 15 is 0 Å². The molecule has 0 aromatic heterocycles. The number of carbonyl (C=O) groups is 2. The van der Waals surface area contributed by atoms with E-state index in [0.29, 0.717) is 35.7 Å².